The number of allylic oxidation sites excluding steroid dienone is 1. The molecule has 3 aromatic rings. The Bertz CT molecular complexity index is 1150. The van der Waals surface area contributed by atoms with Crippen molar-refractivity contribution in [1.29, 1.82) is 0 Å². The second-order valence-corrected chi connectivity index (χ2v) is 7.52. The molecule has 0 saturated heterocycles. The van der Waals surface area contributed by atoms with Gasteiger partial charge in [-0.1, -0.05) is 18.2 Å². The Kier molecular flexibility index (Phi) is 5.54. The Balaban J connectivity index is 1.73. The number of esters is 1. The fourth-order valence-corrected chi connectivity index (χ4v) is 4.17. The van der Waals surface area contributed by atoms with E-state index in [1.165, 1.54) is 11.3 Å². The number of aliphatic imine (C=N–C) groups is 1. The topological polar surface area (TPSA) is 80.2 Å². The molecule has 7 heteroatoms. The van der Waals surface area contributed by atoms with Crippen molar-refractivity contribution in [2.75, 3.05) is 19.0 Å². The van der Waals surface area contributed by atoms with Gasteiger partial charge in [0.05, 0.1) is 24.3 Å². The van der Waals surface area contributed by atoms with Crippen LogP contribution in [0.4, 0.5) is 16.4 Å². The summed E-state index contributed by atoms with van der Waals surface area (Å²) in [6, 6.07) is 15.1. The standard InChI is InChI=1S/C23H20N2O4S/c1-3-29-23(27)20-21(26)19(12-14-13-24-18-7-5-4-6-17(14)18)30-22(20)25-15-8-10-16(28-2)11-9-15/h4-13,25-26H,3H2,1-2H3/b14-12-. The molecular formula is C23H20N2O4S. The van der Waals surface area contributed by atoms with Crippen LogP contribution in [0.2, 0.25) is 0 Å². The summed E-state index contributed by atoms with van der Waals surface area (Å²) < 4.78 is 10.3. The molecule has 0 unspecified atom stereocenters. The van der Waals surface area contributed by atoms with E-state index in [1.807, 2.05) is 54.6 Å². The maximum Gasteiger partial charge on any atom is 0.344 e. The second kappa shape index (κ2) is 8.42. The van der Waals surface area contributed by atoms with Crippen molar-refractivity contribution in [2.24, 2.45) is 4.99 Å². The van der Waals surface area contributed by atoms with Gasteiger partial charge >= 0.3 is 5.97 Å². The number of hydrogen-bond donors (Lipinski definition) is 2. The number of methoxy groups -OCH3 is 1. The third-order valence-corrected chi connectivity index (χ3v) is 5.62. The van der Waals surface area contributed by atoms with Crippen LogP contribution >= 0.6 is 11.3 Å². The molecular weight excluding hydrogens is 400 g/mol. The van der Waals surface area contributed by atoms with Gasteiger partial charge in [0.1, 0.15) is 22.1 Å². The average molecular weight is 420 g/mol. The van der Waals surface area contributed by atoms with Gasteiger partial charge in [0.25, 0.3) is 0 Å². The molecule has 0 amide bonds. The minimum Gasteiger partial charge on any atom is -0.505 e. The molecule has 152 valence electrons. The van der Waals surface area contributed by atoms with Crippen molar-refractivity contribution < 1.29 is 19.4 Å². The Labute approximate surface area is 178 Å². The number of anilines is 2. The van der Waals surface area contributed by atoms with Crippen molar-refractivity contribution in [3.63, 3.8) is 0 Å². The zero-order valence-electron chi connectivity index (χ0n) is 16.5. The van der Waals surface area contributed by atoms with E-state index in [0.29, 0.717) is 9.88 Å². The van der Waals surface area contributed by atoms with E-state index in [0.717, 1.165) is 28.3 Å². The first kappa shape index (κ1) is 19.7. The van der Waals surface area contributed by atoms with Crippen molar-refractivity contribution in [3.05, 3.63) is 64.5 Å². The summed E-state index contributed by atoms with van der Waals surface area (Å²) in [6.07, 6.45) is 3.59. The number of benzene rings is 2. The minimum absolute atomic E-state index is 0.111. The summed E-state index contributed by atoms with van der Waals surface area (Å²) in [4.78, 5) is 17.5. The van der Waals surface area contributed by atoms with Gasteiger partial charge in [-0.15, -0.1) is 11.3 Å². The lowest BCUT2D eigenvalue weighted by molar-refractivity contribution is 0.0525. The molecule has 0 radical (unpaired) electrons. The van der Waals surface area contributed by atoms with Gasteiger partial charge in [0.2, 0.25) is 0 Å². The molecule has 2 aromatic carbocycles. The van der Waals surface area contributed by atoms with Crippen molar-refractivity contribution in [2.45, 2.75) is 6.92 Å². The lowest BCUT2D eigenvalue weighted by atomic mass is 10.1. The maximum atomic E-state index is 12.5. The van der Waals surface area contributed by atoms with E-state index >= 15 is 0 Å². The van der Waals surface area contributed by atoms with E-state index in [9.17, 15) is 9.90 Å². The normalized spacial score (nSPS) is 13.3. The quantitative estimate of drug-likeness (QED) is 0.505. The molecule has 30 heavy (non-hydrogen) atoms. The minimum atomic E-state index is -0.576. The Morgan fingerprint density at radius 1 is 1.20 bits per heavy atom. The number of nitrogens with one attached hydrogen (secondary N) is 1. The summed E-state index contributed by atoms with van der Waals surface area (Å²) in [5, 5.41) is 14.5. The van der Waals surface area contributed by atoms with E-state index in [4.69, 9.17) is 9.47 Å². The van der Waals surface area contributed by atoms with Gasteiger partial charge < -0.3 is 19.9 Å². The zero-order valence-corrected chi connectivity index (χ0v) is 17.3. The zero-order chi connectivity index (χ0) is 21.1. The third kappa shape index (κ3) is 3.79. The van der Waals surface area contributed by atoms with Gasteiger partial charge in [-0.05, 0) is 43.3 Å². The molecule has 0 bridgehead atoms. The molecule has 2 N–H and O–H groups in total. The first-order valence-corrected chi connectivity index (χ1v) is 10.2. The highest BCUT2D eigenvalue weighted by molar-refractivity contribution is 7.18. The van der Waals surface area contributed by atoms with Crippen LogP contribution in [0.25, 0.3) is 11.6 Å². The largest absolute Gasteiger partial charge is 0.505 e. The molecule has 0 aliphatic carbocycles. The molecule has 1 aliphatic rings. The number of para-hydroxylation sites is 1. The van der Waals surface area contributed by atoms with Gasteiger partial charge in [0, 0.05) is 23.0 Å². The van der Waals surface area contributed by atoms with Crippen LogP contribution in [-0.2, 0) is 4.74 Å². The molecule has 0 fully saturated rings. The number of carbonyl (C=O) groups is 1. The average Bonchev–Trinajstić information content (AvgIpc) is 3.30. The smallest absolute Gasteiger partial charge is 0.344 e. The van der Waals surface area contributed by atoms with Crippen LogP contribution in [0.15, 0.2) is 53.5 Å². The third-order valence-electron chi connectivity index (χ3n) is 4.58. The molecule has 6 nitrogen and oxygen atoms in total. The molecule has 2 heterocycles. The predicted molar refractivity (Wildman–Crippen MR) is 121 cm³/mol. The van der Waals surface area contributed by atoms with E-state index in [-0.39, 0.29) is 17.9 Å². The first-order chi connectivity index (χ1) is 14.6. The van der Waals surface area contributed by atoms with Crippen molar-refractivity contribution >= 4 is 51.5 Å². The van der Waals surface area contributed by atoms with Crippen LogP contribution in [0.5, 0.6) is 11.5 Å². The molecule has 0 spiro atoms. The fraction of sp³-hybridized carbons (Fsp3) is 0.130. The number of nitrogens with zero attached hydrogens (tertiary/aromatic N) is 1. The van der Waals surface area contributed by atoms with Crippen LogP contribution < -0.4 is 10.1 Å². The first-order valence-electron chi connectivity index (χ1n) is 9.39. The molecule has 0 atom stereocenters. The van der Waals surface area contributed by atoms with Gasteiger partial charge in [0.15, 0.2) is 0 Å². The molecule has 0 saturated carbocycles. The Hall–Kier alpha value is -3.58. The highest BCUT2D eigenvalue weighted by atomic mass is 32.1. The Morgan fingerprint density at radius 3 is 2.70 bits per heavy atom. The van der Waals surface area contributed by atoms with Crippen molar-refractivity contribution in [3.8, 4) is 11.5 Å². The summed E-state index contributed by atoms with van der Waals surface area (Å²) in [5.74, 6) is 0.0388. The summed E-state index contributed by atoms with van der Waals surface area (Å²) in [7, 11) is 1.60. The fourth-order valence-electron chi connectivity index (χ4n) is 3.12. The van der Waals surface area contributed by atoms with Crippen LogP contribution in [-0.4, -0.2) is 31.0 Å². The summed E-state index contributed by atoms with van der Waals surface area (Å²) >= 11 is 1.28. The predicted octanol–water partition coefficient (Wildman–Crippen LogP) is 5.64. The lowest BCUT2D eigenvalue weighted by Gasteiger charge is -2.08. The second-order valence-electron chi connectivity index (χ2n) is 6.47. The number of ether oxygens (including phenoxy) is 2. The SMILES string of the molecule is CCOC(=O)c1c(Nc2ccc(OC)cc2)sc(/C=C2/C=Nc3ccccc32)c1O. The van der Waals surface area contributed by atoms with Crippen LogP contribution in [0.1, 0.15) is 27.7 Å². The number of aromatic hydroxyl groups is 1. The molecule has 1 aromatic heterocycles. The highest BCUT2D eigenvalue weighted by Crippen LogP contribution is 2.43. The van der Waals surface area contributed by atoms with E-state index < -0.39 is 5.97 Å². The number of fused-ring (bicyclic) bond motifs is 1. The maximum absolute atomic E-state index is 12.5. The van der Waals surface area contributed by atoms with Crippen molar-refractivity contribution in [1.82, 2.24) is 0 Å². The van der Waals surface area contributed by atoms with E-state index in [1.54, 1.807) is 20.2 Å². The monoisotopic (exact) mass is 420 g/mol. The molecule has 4 rings (SSSR count). The number of thiophene rings is 1. The van der Waals surface area contributed by atoms with Gasteiger partial charge in [-0.2, -0.15) is 0 Å². The van der Waals surface area contributed by atoms with Gasteiger partial charge in [-0.3, -0.25) is 4.99 Å². The Morgan fingerprint density at radius 2 is 1.97 bits per heavy atom. The highest BCUT2D eigenvalue weighted by Gasteiger charge is 2.25. The van der Waals surface area contributed by atoms with Gasteiger partial charge in [-0.25, -0.2) is 4.79 Å². The molecule has 1 aliphatic heterocycles. The number of hydrogen-bond acceptors (Lipinski definition) is 7. The van der Waals surface area contributed by atoms with Crippen LogP contribution in [0.3, 0.4) is 0 Å². The lowest BCUT2D eigenvalue weighted by Crippen LogP contribution is -2.06. The summed E-state index contributed by atoms with van der Waals surface area (Å²) in [6.45, 7) is 1.94. The summed E-state index contributed by atoms with van der Waals surface area (Å²) in [5.41, 5.74) is 3.60. The number of rotatable bonds is 6. The van der Waals surface area contributed by atoms with Crippen LogP contribution in [0, 0.1) is 0 Å². The number of carbonyl (C=O) groups excluding carboxylic acids is 1. The van der Waals surface area contributed by atoms with E-state index in [2.05, 4.69) is 10.3 Å².